The van der Waals surface area contributed by atoms with Gasteiger partial charge in [0, 0.05) is 26.9 Å². The summed E-state index contributed by atoms with van der Waals surface area (Å²) in [4.78, 5) is 0.125. The summed E-state index contributed by atoms with van der Waals surface area (Å²) in [5.41, 5.74) is 0.652. The Labute approximate surface area is 141 Å². The molecule has 0 spiro atoms. The molecule has 0 aliphatic heterocycles. The molecule has 1 heterocycles. The second kappa shape index (κ2) is 6.73. The molecule has 0 atom stereocenters. The topological polar surface area (TPSA) is 68.1 Å². The molecule has 0 bridgehead atoms. The number of hydrogen-bond acceptors (Lipinski definition) is 5. The van der Waals surface area contributed by atoms with Gasteiger partial charge in [-0.2, -0.15) is 13.2 Å². The lowest BCUT2D eigenvalue weighted by Gasteiger charge is -2.12. The zero-order chi connectivity index (χ0) is 18.1. The van der Waals surface area contributed by atoms with Gasteiger partial charge in [-0.05, 0) is 17.7 Å². The van der Waals surface area contributed by atoms with E-state index in [1.165, 1.54) is 33.3 Å². The Balaban J connectivity index is 2.18. The Morgan fingerprint density at radius 3 is 2.46 bits per heavy atom. The summed E-state index contributed by atoms with van der Waals surface area (Å²) in [5, 5.41) is 6.77. The number of thioether (sulfide) groups is 1. The number of nitrogens with zero attached hydrogens (tertiary/aromatic N) is 4. The largest absolute Gasteiger partial charge is 0.451 e. The molecule has 132 valence electrons. The third kappa shape index (κ3) is 3.90. The van der Waals surface area contributed by atoms with Crippen molar-refractivity contribution in [1.82, 2.24) is 19.1 Å². The summed E-state index contributed by atoms with van der Waals surface area (Å²) >= 11 is 1.05. The number of hydrogen-bond donors (Lipinski definition) is 0. The summed E-state index contributed by atoms with van der Waals surface area (Å²) in [5.74, 6) is -0.811. The van der Waals surface area contributed by atoms with Crippen LogP contribution in [-0.2, 0) is 29.0 Å². The van der Waals surface area contributed by atoms with Gasteiger partial charge in [0.25, 0.3) is 0 Å². The summed E-state index contributed by atoms with van der Waals surface area (Å²) in [6.07, 6.45) is -4.57. The molecule has 0 unspecified atom stereocenters. The highest BCUT2D eigenvalue weighted by Crippen LogP contribution is 2.30. The molecule has 24 heavy (non-hydrogen) atoms. The first kappa shape index (κ1) is 18.7. The van der Waals surface area contributed by atoms with Crippen molar-refractivity contribution in [3.05, 3.63) is 35.7 Å². The summed E-state index contributed by atoms with van der Waals surface area (Å²) < 4.78 is 64.2. The molecule has 1 aromatic heterocycles. The van der Waals surface area contributed by atoms with Gasteiger partial charge < -0.3 is 4.57 Å². The van der Waals surface area contributed by atoms with Crippen LogP contribution in [0.3, 0.4) is 0 Å². The minimum Gasteiger partial charge on any atom is -0.302 e. The van der Waals surface area contributed by atoms with Gasteiger partial charge in [-0.25, -0.2) is 12.7 Å². The van der Waals surface area contributed by atoms with Crippen molar-refractivity contribution in [2.75, 3.05) is 14.1 Å². The molecule has 0 saturated heterocycles. The van der Waals surface area contributed by atoms with E-state index in [0.717, 1.165) is 20.6 Å². The van der Waals surface area contributed by atoms with Crippen LogP contribution in [0.25, 0.3) is 0 Å². The van der Waals surface area contributed by atoms with E-state index in [9.17, 15) is 21.6 Å². The van der Waals surface area contributed by atoms with Gasteiger partial charge in [-0.3, -0.25) is 0 Å². The van der Waals surface area contributed by atoms with Crippen molar-refractivity contribution in [2.45, 2.75) is 22.0 Å². The first-order valence-corrected chi connectivity index (χ1v) is 9.07. The van der Waals surface area contributed by atoms with Gasteiger partial charge in [0.15, 0.2) is 5.16 Å². The fraction of sp³-hybridized carbons (Fsp3) is 0.385. The van der Waals surface area contributed by atoms with Crippen molar-refractivity contribution in [2.24, 2.45) is 7.05 Å². The maximum absolute atomic E-state index is 12.7. The van der Waals surface area contributed by atoms with Crippen molar-refractivity contribution in [3.8, 4) is 0 Å². The number of benzene rings is 1. The average molecular weight is 380 g/mol. The van der Waals surface area contributed by atoms with Crippen LogP contribution in [0.15, 0.2) is 34.3 Å². The van der Waals surface area contributed by atoms with E-state index in [1.807, 2.05) is 0 Å². The molecular weight excluding hydrogens is 365 g/mol. The summed E-state index contributed by atoms with van der Waals surface area (Å²) in [7, 11) is 0.522. The zero-order valence-corrected chi connectivity index (χ0v) is 14.7. The van der Waals surface area contributed by atoms with Crippen LogP contribution in [0.1, 0.15) is 11.4 Å². The normalized spacial score (nSPS) is 12.8. The molecule has 0 saturated carbocycles. The Morgan fingerprint density at radius 1 is 1.25 bits per heavy atom. The highest BCUT2D eigenvalue weighted by atomic mass is 32.2. The van der Waals surface area contributed by atoms with Gasteiger partial charge >= 0.3 is 6.18 Å². The first-order chi connectivity index (χ1) is 11.0. The molecule has 0 aliphatic rings. The van der Waals surface area contributed by atoms with Gasteiger partial charge in [0.2, 0.25) is 15.8 Å². The lowest BCUT2D eigenvalue weighted by molar-refractivity contribution is -0.147. The maximum Gasteiger partial charge on any atom is 0.451 e. The van der Waals surface area contributed by atoms with E-state index >= 15 is 0 Å². The van der Waals surface area contributed by atoms with Crippen LogP contribution in [0.4, 0.5) is 13.2 Å². The maximum atomic E-state index is 12.7. The van der Waals surface area contributed by atoms with Gasteiger partial charge in [0.05, 0.1) is 4.90 Å². The summed E-state index contributed by atoms with van der Waals surface area (Å²) in [6.45, 7) is 0. The van der Waals surface area contributed by atoms with E-state index in [2.05, 4.69) is 10.2 Å². The molecule has 0 aliphatic carbocycles. The SMILES string of the molecule is CN(C)S(=O)(=O)c1cccc(CSc2nnc(C(F)(F)F)n2C)c1. The van der Waals surface area contributed by atoms with E-state index in [-0.39, 0.29) is 15.8 Å². The monoisotopic (exact) mass is 380 g/mol. The van der Waals surface area contributed by atoms with E-state index in [4.69, 9.17) is 0 Å². The third-order valence-corrected chi connectivity index (χ3v) is 6.04. The van der Waals surface area contributed by atoms with Gasteiger partial charge in [-0.15, -0.1) is 10.2 Å². The Kier molecular flexibility index (Phi) is 5.25. The minimum absolute atomic E-state index is 0.100. The van der Waals surface area contributed by atoms with Crippen molar-refractivity contribution in [3.63, 3.8) is 0 Å². The summed E-state index contributed by atoms with van der Waals surface area (Å²) in [6, 6.07) is 6.24. The molecule has 2 aromatic rings. The standard InChI is InChI=1S/C13H15F3N4O2S2/c1-19(2)24(21,22)10-6-4-5-9(7-10)8-23-12-18-17-11(20(12)3)13(14,15)16/h4-7H,8H2,1-3H3. The Morgan fingerprint density at radius 2 is 1.92 bits per heavy atom. The van der Waals surface area contributed by atoms with E-state index in [1.54, 1.807) is 12.1 Å². The predicted molar refractivity (Wildman–Crippen MR) is 82.9 cm³/mol. The number of sulfonamides is 1. The third-order valence-electron chi connectivity index (χ3n) is 3.13. The quantitative estimate of drug-likeness (QED) is 0.745. The molecule has 0 amide bonds. The molecule has 0 radical (unpaired) electrons. The van der Waals surface area contributed by atoms with Crippen molar-refractivity contribution >= 4 is 21.8 Å². The van der Waals surface area contributed by atoms with E-state index < -0.39 is 22.0 Å². The second-order valence-corrected chi connectivity index (χ2v) is 8.18. The number of halogens is 3. The molecule has 0 fully saturated rings. The van der Waals surface area contributed by atoms with Crippen molar-refractivity contribution < 1.29 is 21.6 Å². The van der Waals surface area contributed by atoms with Crippen LogP contribution >= 0.6 is 11.8 Å². The highest BCUT2D eigenvalue weighted by molar-refractivity contribution is 7.98. The lowest BCUT2D eigenvalue weighted by Crippen LogP contribution is -2.22. The van der Waals surface area contributed by atoms with Crippen LogP contribution in [-0.4, -0.2) is 41.6 Å². The molecular formula is C13H15F3N4O2S2. The number of alkyl halides is 3. The lowest BCUT2D eigenvalue weighted by atomic mass is 10.2. The van der Waals surface area contributed by atoms with Crippen LogP contribution in [0.5, 0.6) is 0 Å². The van der Waals surface area contributed by atoms with E-state index in [0.29, 0.717) is 5.56 Å². The fourth-order valence-corrected chi connectivity index (χ4v) is 3.67. The molecule has 1 aromatic carbocycles. The minimum atomic E-state index is -4.57. The average Bonchev–Trinajstić information content (AvgIpc) is 2.86. The highest BCUT2D eigenvalue weighted by Gasteiger charge is 2.37. The smallest absolute Gasteiger partial charge is 0.302 e. The molecule has 2 rings (SSSR count). The molecule has 0 N–H and O–H groups in total. The number of rotatable bonds is 5. The van der Waals surface area contributed by atoms with Crippen molar-refractivity contribution in [1.29, 1.82) is 0 Å². The first-order valence-electron chi connectivity index (χ1n) is 6.64. The number of aromatic nitrogens is 3. The Hall–Kier alpha value is -1.59. The zero-order valence-electron chi connectivity index (χ0n) is 13.1. The fourth-order valence-electron chi connectivity index (χ4n) is 1.84. The van der Waals surface area contributed by atoms with Crippen LogP contribution in [0.2, 0.25) is 0 Å². The van der Waals surface area contributed by atoms with Gasteiger partial charge in [-0.1, -0.05) is 23.9 Å². The molecule has 11 heteroatoms. The van der Waals surface area contributed by atoms with Crippen LogP contribution < -0.4 is 0 Å². The van der Waals surface area contributed by atoms with Crippen LogP contribution in [0, 0.1) is 0 Å². The predicted octanol–water partition coefficient (Wildman–Crippen LogP) is 2.38. The van der Waals surface area contributed by atoms with Gasteiger partial charge in [0.1, 0.15) is 0 Å². The molecule has 6 nitrogen and oxygen atoms in total. The Bertz CT molecular complexity index is 832. The second-order valence-electron chi connectivity index (χ2n) is 5.09.